The molecule has 1 aliphatic rings. The number of hydrogen-bond donors (Lipinski definition) is 1. The minimum atomic E-state index is -3.77. The Labute approximate surface area is 180 Å². The molecule has 0 bridgehead atoms. The number of anilines is 2. The molecule has 0 saturated heterocycles. The van der Waals surface area contributed by atoms with Crippen LogP contribution in [0.5, 0.6) is 0 Å². The van der Waals surface area contributed by atoms with Crippen molar-refractivity contribution in [3.05, 3.63) is 48.5 Å². The van der Waals surface area contributed by atoms with E-state index in [4.69, 9.17) is 0 Å². The summed E-state index contributed by atoms with van der Waals surface area (Å²) in [6, 6.07) is 14.4. The van der Waals surface area contributed by atoms with Crippen molar-refractivity contribution in [2.45, 2.75) is 29.6 Å². The van der Waals surface area contributed by atoms with E-state index in [9.17, 15) is 13.2 Å². The molecule has 0 aliphatic carbocycles. The zero-order valence-corrected chi connectivity index (χ0v) is 18.7. The van der Waals surface area contributed by atoms with Crippen LogP contribution in [-0.4, -0.2) is 38.0 Å². The van der Waals surface area contributed by atoms with Crippen molar-refractivity contribution in [1.82, 2.24) is 0 Å². The topological polar surface area (TPSA) is 78.8 Å². The van der Waals surface area contributed by atoms with Crippen LogP contribution in [0.2, 0.25) is 0 Å². The maximum atomic E-state index is 12.6. The minimum absolute atomic E-state index is 0.0721. The molecule has 9 heteroatoms. The van der Waals surface area contributed by atoms with Gasteiger partial charge in [-0.25, -0.2) is 0 Å². The van der Waals surface area contributed by atoms with Crippen LogP contribution in [0.3, 0.4) is 0 Å². The number of hydrogen-bond acceptors (Lipinski definition) is 6. The van der Waals surface area contributed by atoms with Gasteiger partial charge in [0, 0.05) is 17.1 Å². The maximum absolute atomic E-state index is 12.6. The molecule has 0 unspecified atom stereocenters. The van der Waals surface area contributed by atoms with Crippen molar-refractivity contribution in [1.29, 1.82) is 0 Å². The van der Waals surface area contributed by atoms with Crippen molar-refractivity contribution in [2.75, 3.05) is 28.8 Å². The molecule has 0 atom stereocenters. The maximum Gasteiger partial charge on any atom is 0.286 e. The standard InChI is InChI=1S/C20H23N3O3S3/c1-3-4-12-23-17-10-5-6-11-18(17)29(25,26)22-20(23)28-14-19(24)21-15-8-7-9-16(13-15)27-2/h5-11,13H,3-4,12,14H2,1-2H3,(H,21,24). The number of carbonyl (C=O) groups is 1. The summed E-state index contributed by atoms with van der Waals surface area (Å²) >= 11 is 2.74. The number of nitrogens with one attached hydrogen (secondary N) is 1. The van der Waals surface area contributed by atoms with E-state index in [0.29, 0.717) is 23.1 Å². The molecule has 0 spiro atoms. The van der Waals surface area contributed by atoms with Gasteiger partial charge in [0.15, 0.2) is 5.17 Å². The van der Waals surface area contributed by atoms with E-state index in [1.165, 1.54) is 0 Å². The summed E-state index contributed by atoms with van der Waals surface area (Å²) in [5, 5.41) is 3.20. The number of para-hydroxylation sites is 1. The lowest BCUT2D eigenvalue weighted by molar-refractivity contribution is -0.113. The van der Waals surface area contributed by atoms with E-state index in [2.05, 4.69) is 16.6 Å². The summed E-state index contributed by atoms with van der Waals surface area (Å²) in [6.07, 6.45) is 3.83. The molecule has 0 radical (unpaired) electrons. The van der Waals surface area contributed by atoms with Crippen LogP contribution in [0, 0.1) is 0 Å². The first kappa shape index (κ1) is 21.7. The number of nitrogens with zero attached hydrogens (tertiary/aromatic N) is 2. The van der Waals surface area contributed by atoms with Crippen molar-refractivity contribution in [3.8, 4) is 0 Å². The largest absolute Gasteiger partial charge is 0.325 e. The second kappa shape index (κ2) is 9.69. The highest BCUT2D eigenvalue weighted by Gasteiger charge is 2.30. The monoisotopic (exact) mass is 449 g/mol. The summed E-state index contributed by atoms with van der Waals surface area (Å²) in [6.45, 7) is 2.72. The number of rotatable bonds is 7. The average molecular weight is 450 g/mol. The summed E-state index contributed by atoms with van der Waals surface area (Å²) in [7, 11) is -3.77. The Balaban J connectivity index is 1.75. The van der Waals surface area contributed by atoms with Crippen LogP contribution in [0.1, 0.15) is 19.8 Å². The molecule has 1 amide bonds. The van der Waals surface area contributed by atoms with Crippen LogP contribution in [0.15, 0.2) is 62.7 Å². The normalized spacial score (nSPS) is 14.8. The minimum Gasteiger partial charge on any atom is -0.325 e. The Kier molecular flexibility index (Phi) is 7.26. The second-order valence-corrected chi connectivity index (χ2v) is 9.79. The van der Waals surface area contributed by atoms with Crippen LogP contribution in [0.4, 0.5) is 11.4 Å². The number of carbonyl (C=O) groups excluding carboxylic acids is 1. The van der Waals surface area contributed by atoms with Gasteiger partial charge in [0.2, 0.25) is 5.91 Å². The number of sulfonamides is 1. The first-order valence-corrected chi connectivity index (χ1v) is 12.9. The third-order valence-corrected chi connectivity index (χ3v) is 7.42. The van der Waals surface area contributed by atoms with Crippen LogP contribution in [-0.2, 0) is 14.8 Å². The molecule has 0 saturated carbocycles. The highest BCUT2D eigenvalue weighted by atomic mass is 32.2. The lowest BCUT2D eigenvalue weighted by Gasteiger charge is -2.30. The van der Waals surface area contributed by atoms with Crippen molar-refractivity contribution in [3.63, 3.8) is 0 Å². The highest BCUT2D eigenvalue weighted by molar-refractivity contribution is 8.15. The van der Waals surface area contributed by atoms with Gasteiger partial charge < -0.3 is 10.2 Å². The zero-order valence-electron chi connectivity index (χ0n) is 16.3. The summed E-state index contributed by atoms with van der Waals surface area (Å²) in [4.78, 5) is 15.6. The zero-order chi connectivity index (χ0) is 20.9. The van der Waals surface area contributed by atoms with Gasteiger partial charge in [-0.15, -0.1) is 16.2 Å². The highest BCUT2D eigenvalue weighted by Crippen LogP contribution is 2.34. The number of fused-ring (bicyclic) bond motifs is 1. The van der Waals surface area contributed by atoms with Crippen LogP contribution >= 0.6 is 23.5 Å². The lowest BCUT2D eigenvalue weighted by Crippen LogP contribution is -2.35. The Morgan fingerprint density at radius 3 is 2.72 bits per heavy atom. The Bertz CT molecular complexity index is 1020. The van der Waals surface area contributed by atoms with Crippen molar-refractivity contribution < 1.29 is 13.2 Å². The van der Waals surface area contributed by atoms with Gasteiger partial charge in [-0.2, -0.15) is 8.42 Å². The fraction of sp³-hybridized carbons (Fsp3) is 0.300. The van der Waals surface area contributed by atoms with E-state index in [1.807, 2.05) is 41.5 Å². The first-order chi connectivity index (χ1) is 13.9. The number of amidine groups is 1. The number of amides is 1. The smallest absolute Gasteiger partial charge is 0.286 e. The molecule has 1 N–H and O–H groups in total. The number of thioether (sulfide) groups is 2. The van der Waals surface area contributed by atoms with Gasteiger partial charge in [0.1, 0.15) is 4.90 Å². The van der Waals surface area contributed by atoms with E-state index >= 15 is 0 Å². The molecule has 154 valence electrons. The third-order valence-electron chi connectivity index (χ3n) is 4.28. The van der Waals surface area contributed by atoms with Gasteiger partial charge in [0.25, 0.3) is 10.0 Å². The molecule has 2 aromatic carbocycles. The van der Waals surface area contributed by atoms with Crippen molar-refractivity contribution >= 4 is 56.0 Å². The van der Waals surface area contributed by atoms with E-state index in [0.717, 1.165) is 29.5 Å². The fourth-order valence-corrected chi connectivity index (χ4v) is 5.61. The van der Waals surface area contributed by atoms with E-state index in [-0.39, 0.29) is 16.6 Å². The fourth-order valence-electron chi connectivity index (χ4n) is 2.87. The van der Waals surface area contributed by atoms with E-state index < -0.39 is 10.0 Å². The molecular formula is C20H23N3O3S3. The van der Waals surface area contributed by atoms with Crippen molar-refractivity contribution in [2.24, 2.45) is 4.40 Å². The molecule has 29 heavy (non-hydrogen) atoms. The van der Waals surface area contributed by atoms with Gasteiger partial charge >= 0.3 is 0 Å². The average Bonchev–Trinajstić information content (AvgIpc) is 2.72. The molecule has 1 heterocycles. The summed E-state index contributed by atoms with van der Waals surface area (Å²) in [5.41, 5.74) is 1.33. The van der Waals surface area contributed by atoms with Gasteiger partial charge in [-0.3, -0.25) is 4.79 Å². The predicted molar refractivity (Wildman–Crippen MR) is 123 cm³/mol. The van der Waals surface area contributed by atoms with Gasteiger partial charge in [-0.05, 0) is 43.0 Å². The van der Waals surface area contributed by atoms with Crippen LogP contribution < -0.4 is 10.2 Å². The molecule has 1 aliphatic heterocycles. The second-order valence-electron chi connectivity index (χ2n) is 6.39. The Morgan fingerprint density at radius 2 is 1.97 bits per heavy atom. The quantitative estimate of drug-likeness (QED) is 0.630. The van der Waals surface area contributed by atoms with E-state index in [1.54, 1.807) is 30.0 Å². The number of unbranched alkanes of at least 4 members (excludes halogenated alkanes) is 1. The van der Waals surface area contributed by atoms with Crippen LogP contribution in [0.25, 0.3) is 0 Å². The summed E-state index contributed by atoms with van der Waals surface area (Å²) in [5.74, 6) is -0.134. The third kappa shape index (κ3) is 5.34. The molecule has 3 rings (SSSR count). The van der Waals surface area contributed by atoms with Gasteiger partial charge in [-0.1, -0.05) is 43.3 Å². The molecular weight excluding hydrogens is 426 g/mol. The summed E-state index contributed by atoms with van der Waals surface area (Å²) < 4.78 is 29.1. The predicted octanol–water partition coefficient (Wildman–Crippen LogP) is 4.45. The number of benzene rings is 2. The SMILES string of the molecule is CCCCN1C(SCC(=O)Nc2cccc(SC)c2)=NS(=O)(=O)c2ccccc21. The lowest BCUT2D eigenvalue weighted by atomic mass is 10.2. The molecule has 6 nitrogen and oxygen atoms in total. The Morgan fingerprint density at radius 1 is 1.17 bits per heavy atom. The first-order valence-electron chi connectivity index (χ1n) is 9.23. The molecule has 0 aromatic heterocycles. The molecule has 2 aromatic rings. The molecule has 0 fully saturated rings. The Hall–Kier alpha value is -1.97. The van der Waals surface area contributed by atoms with Gasteiger partial charge in [0.05, 0.1) is 11.4 Å².